The number of benzene rings is 1. The van der Waals surface area contributed by atoms with Crippen molar-refractivity contribution in [1.82, 2.24) is 5.32 Å². The first-order chi connectivity index (χ1) is 10.1. The number of carbonyl (C=O) groups is 1. The van der Waals surface area contributed by atoms with E-state index in [0.29, 0.717) is 6.54 Å². The number of rotatable bonds is 6. The number of esters is 1. The fourth-order valence-corrected chi connectivity index (χ4v) is 2.72. The number of methoxy groups -OCH3 is 1. The van der Waals surface area contributed by atoms with Crippen molar-refractivity contribution in [1.29, 1.82) is 0 Å². The predicted octanol–water partition coefficient (Wildman–Crippen LogP) is 3.72. The summed E-state index contributed by atoms with van der Waals surface area (Å²) in [7, 11) is -0.435. The molecule has 0 saturated heterocycles. The Balaban J connectivity index is 2.73. The molecule has 0 amide bonds. The van der Waals surface area contributed by atoms with Gasteiger partial charge in [-0.2, -0.15) is 0 Å². The van der Waals surface area contributed by atoms with Crippen molar-refractivity contribution in [3.63, 3.8) is 0 Å². The van der Waals surface area contributed by atoms with Crippen molar-refractivity contribution in [2.75, 3.05) is 7.11 Å². The van der Waals surface area contributed by atoms with Gasteiger partial charge in [0.15, 0.2) is 0 Å². The topological polar surface area (TPSA) is 47.6 Å². The maximum absolute atomic E-state index is 11.4. The summed E-state index contributed by atoms with van der Waals surface area (Å²) in [5.41, 5.74) is 1.09. The molecule has 0 aromatic heterocycles. The minimum absolute atomic E-state index is 0.167. The summed E-state index contributed by atoms with van der Waals surface area (Å²) in [6, 6.07) is 7.72. The maximum atomic E-state index is 11.4. The van der Waals surface area contributed by atoms with Crippen molar-refractivity contribution < 1.29 is 14.0 Å². The average molecular weight is 324 g/mol. The molecule has 1 aromatic carbocycles. The molecule has 0 aliphatic rings. The molecule has 1 unspecified atom stereocenters. The van der Waals surface area contributed by atoms with Gasteiger partial charge in [-0.05, 0) is 42.8 Å². The first-order valence-electron chi connectivity index (χ1n) is 7.66. The summed E-state index contributed by atoms with van der Waals surface area (Å²) in [5, 5.41) is 3.32. The highest BCUT2D eigenvalue weighted by molar-refractivity contribution is 6.74. The minimum Gasteiger partial charge on any atom is -0.543 e. The minimum atomic E-state index is -1.83. The molecule has 0 saturated carbocycles. The summed E-state index contributed by atoms with van der Waals surface area (Å²) in [4.78, 5) is 11.4. The summed E-state index contributed by atoms with van der Waals surface area (Å²) >= 11 is 0. The molecular formula is C17H29NO3Si. The van der Waals surface area contributed by atoms with Crippen molar-refractivity contribution in [3.05, 3.63) is 29.8 Å². The van der Waals surface area contributed by atoms with E-state index >= 15 is 0 Å². The van der Waals surface area contributed by atoms with Crippen molar-refractivity contribution in [2.24, 2.45) is 0 Å². The van der Waals surface area contributed by atoms with Crippen LogP contribution in [0, 0.1) is 0 Å². The molecule has 1 atom stereocenters. The number of nitrogens with one attached hydrogen (secondary N) is 1. The lowest BCUT2D eigenvalue weighted by Crippen LogP contribution is -2.43. The zero-order valence-electron chi connectivity index (χ0n) is 14.8. The lowest BCUT2D eigenvalue weighted by molar-refractivity contribution is -0.142. The number of carbonyl (C=O) groups excluding carboxylic acids is 1. The number of ether oxygens (including phenoxy) is 1. The average Bonchev–Trinajstić information content (AvgIpc) is 2.42. The molecule has 0 fully saturated rings. The van der Waals surface area contributed by atoms with E-state index in [1.807, 2.05) is 24.3 Å². The Hall–Kier alpha value is -1.33. The zero-order valence-corrected chi connectivity index (χ0v) is 15.8. The Bertz CT molecular complexity index is 509. The second kappa shape index (κ2) is 7.29. The van der Waals surface area contributed by atoms with Crippen molar-refractivity contribution in [3.8, 4) is 5.75 Å². The van der Waals surface area contributed by atoms with Crippen LogP contribution in [0.4, 0.5) is 0 Å². The van der Waals surface area contributed by atoms with Gasteiger partial charge >= 0.3 is 5.97 Å². The molecule has 1 rings (SSSR count). The van der Waals surface area contributed by atoms with Crippen molar-refractivity contribution >= 4 is 14.3 Å². The Morgan fingerprint density at radius 3 is 2.50 bits per heavy atom. The lowest BCUT2D eigenvalue weighted by Gasteiger charge is -2.36. The molecule has 0 aliphatic carbocycles. The van der Waals surface area contributed by atoms with Crippen LogP contribution in [0.2, 0.25) is 18.1 Å². The Labute approximate surface area is 135 Å². The highest BCUT2D eigenvalue weighted by Crippen LogP contribution is 2.37. The smallest absolute Gasteiger partial charge is 0.322 e. The second-order valence-electron chi connectivity index (χ2n) is 7.14. The van der Waals surface area contributed by atoms with Crippen LogP contribution in [0.1, 0.15) is 33.3 Å². The van der Waals surface area contributed by atoms with Crippen LogP contribution < -0.4 is 9.74 Å². The molecule has 0 spiro atoms. The second-order valence-corrected chi connectivity index (χ2v) is 11.9. The Morgan fingerprint density at radius 2 is 1.95 bits per heavy atom. The van der Waals surface area contributed by atoms with E-state index in [9.17, 15) is 4.79 Å². The first kappa shape index (κ1) is 18.7. The number of hydrogen-bond acceptors (Lipinski definition) is 4. The van der Waals surface area contributed by atoms with Gasteiger partial charge < -0.3 is 14.5 Å². The summed E-state index contributed by atoms with van der Waals surface area (Å²) < 4.78 is 11.0. The maximum Gasteiger partial charge on any atom is 0.322 e. The van der Waals surface area contributed by atoms with Gasteiger partial charge in [-0.25, -0.2) is 0 Å². The third-order valence-corrected chi connectivity index (χ3v) is 8.60. The van der Waals surface area contributed by atoms with Gasteiger partial charge in [0.25, 0.3) is 0 Å². The van der Waals surface area contributed by atoms with Crippen molar-refractivity contribution in [2.45, 2.75) is 58.4 Å². The normalized spacial score (nSPS) is 13.6. The molecule has 5 heteroatoms. The lowest BCUT2D eigenvalue weighted by atomic mass is 10.2. The summed E-state index contributed by atoms with van der Waals surface area (Å²) in [6.07, 6.45) is 0. The van der Waals surface area contributed by atoms with Gasteiger partial charge in [0, 0.05) is 6.54 Å². The summed E-state index contributed by atoms with van der Waals surface area (Å²) in [6.45, 7) is 13.5. The molecule has 0 aliphatic heterocycles. The molecule has 22 heavy (non-hydrogen) atoms. The monoisotopic (exact) mass is 323 g/mol. The summed E-state index contributed by atoms with van der Waals surface area (Å²) in [5.74, 6) is 0.644. The van der Waals surface area contributed by atoms with Gasteiger partial charge in [0.2, 0.25) is 8.32 Å². The number of hydrogen-bond donors (Lipinski definition) is 1. The SMILES string of the molecule is COC(=O)C(C)NCc1cccc(O[Si](C)(C)C(C)(C)C)c1. The highest BCUT2D eigenvalue weighted by Gasteiger charge is 2.38. The van der Waals surface area contributed by atoms with Crippen LogP contribution in [-0.4, -0.2) is 27.4 Å². The fraction of sp³-hybridized carbons (Fsp3) is 0.588. The Morgan fingerprint density at radius 1 is 1.32 bits per heavy atom. The van der Waals surface area contributed by atoms with E-state index in [-0.39, 0.29) is 17.0 Å². The standard InChI is InChI=1S/C17H29NO3Si/c1-13(16(19)20-5)18-12-14-9-8-10-15(11-14)21-22(6,7)17(2,3)4/h8-11,13,18H,12H2,1-7H3. The molecule has 124 valence electrons. The quantitative estimate of drug-likeness (QED) is 0.640. The predicted molar refractivity (Wildman–Crippen MR) is 92.6 cm³/mol. The van der Waals surface area contributed by atoms with Crippen LogP contribution in [0.15, 0.2) is 24.3 Å². The molecule has 1 N–H and O–H groups in total. The molecule has 0 heterocycles. The van der Waals surface area contributed by atoms with E-state index in [4.69, 9.17) is 9.16 Å². The molecule has 0 bridgehead atoms. The van der Waals surface area contributed by atoms with Crippen LogP contribution in [0.3, 0.4) is 0 Å². The third kappa shape index (κ3) is 5.14. The van der Waals surface area contributed by atoms with Crippen LogP contribution in [-0.2, 0) is 16.1 Å². The van der Waals surface area contributed by atoms with Gasteiger partial charge in [0.1, 0.15) is 11.8 Å². The molecule has 0 radical (unpaired) electrons. The van der Waals surface area contributed by atoms with Gasteiger partial charge in [-0.15, -0.1) is 0 Å². The van der Waals surface area contributed by atoms with E-state index in [2.05, 4.69) is 39.2 Å². The van der Waals surface area contributed by atoms with Crippen LogP contribution in [0.25, 0.3) is 0 Å². The first-order valence-corrected chi connectivity index (χ1v) is 10.6. The van der Waals surface area contributed by atoms with Gasteiger partial charge in [-0.1, -0.05) is 32.9 Å². The van der Waals surface area contributed by atoms with E-state index in [1.54, 1.807) is 6.92 Å². The van der Waals surface area contributed by atoms with Gasteiger partial charge in [0.05, 0.1) is 7.11 Å². The highest BCUT2D eigenvalue weighted by atomic mass is 28.4. The van der Waals surface area contributed by atoms with Crippen LogP contribution >= 0.6 is 0 Å². The Kier molecular flexibility index (Phi) is 6.20. The van der Waals surface area contributed by atoms with E-state index < -0.39 is 8.32 Å². The van der Waals surface area contributed by atoms with Gasteiger partial charge in [-0.3, -0.25) is 4.79 Å². The molecule has 1 aromatic rings. The zero-order chi connectivity index (χ0) is 17.0. The fourth-order valence-electron chi connectivity index (χ4n) is 1.70. The van der Waals surface area contributed by atoms with E-state index in [1.165, 1.54) is 7.11 Å². The van der Waals surface area contributed by atoms with Crippen LogP contribution in [0.5, 0.6) is 5.75 Å². The third-order valence-electron chi connectivity index (χ3n) is 4.24. The molecule has 4 nitrogen and oxygen atoms in total. The molecular weight excluding hydrogens is 294 g/mol. The van der Waals surface area contributed by atoms with E-state index in [0.717, 1.165) is 11.3 Å². The largest absolute Gasteiger partial charge is 0.543 e.